The average molecular weight is 423 g/mol. The van der Waals surface area contributed by atoms with E-state index in [1.807, 2.05) is 23.1 Å². The maximum Gasteiger partial charge on any atom is 0.317 e. The van der Waals surface area contributed by atoms with Crippen LogP contribution in [-0.4, -0.2) is 71.6 Å². The van der Waals surface area contributed by atoms with Crippen LogP contribution in [0.4, 0.5) is 10.6 Å². The number of carbonyl (C=O) groups excluding carboxylic acids is 1. The van der Waals surface area contributed by atoms with Gasteiger partial charge in [0.25, 0.3) is 0 Å². The Morgan fingerprint density at radius 3 is 2.52 bits per heavy atom. The minimum Gasteiger partial charge on any atom is -0.354 e. The van der Waals surface area contributed by atoms with Gasteiger partial charge in [-0.2, -0.15) is 0 Å². The molecule has 0 radical (unpaired) electrons. The highest BCUT2D eigenvalue weighted by Gasteiger charge is 2.29. The van der Waals surface area contributed by atoms with E-state index >= 15 is 0 Å². The van der Waals surface area contributed by atoms with Crippen molar-refractivity contribution in [2.45, 2.75) is 39.7 Å². The van der Waals surface area contributed by atoms with Crippen LogP contribution in [0.3, 0.4) is 0 Å². The van der Waals surface area contributed by atoms with Crippen molar-refractivity contribution in [2.24, 2.45) is 0 Å². The number of hydrogen-bond acceptors (Lipinski definition) is 5. The van der Waals surface area contributed by atoms with Gasteiger partial charge in [0.05, 0.1) is 12.2 Å². The minimum atomic E-state index is 0.0213. The summed E-state index contributed by atoms with van der Waals surface area (Å²) in [4.78, 5) is 29.4. The molecule has 2 aromatic rings. The predicted octanol–water partition coefficient (Wildman–Crippen LogP) is 3.15. The van der Waals surface area contributed by atoms with Crippen LogP contribution >= 0.6 is 0 Å². The number of hydrogen-bond donors (Lipinski definition) is 1. The Morgan fingerprint density at radius 2 is 1.81 bits per heavy atom. The Hall–Kier alpha value is -2.67. The molecule has 1 fully saturated rings. The van der Waals surface area contributed by atoms with Gasteiger partial charge in [0, 0.05) is 56.8 Å². The molecule has 3 heterocycles. The third-order valence-corrected chi connectivity index (χ3v) is 6.28. The molecule has 2 aliphatic heterocycles. The fourth-order valence-electron chi connectivity index (χ4n) is 4.31. The van der Waals surface area contributed by atoms with Crippen molar-refractivity contribution in [1.82, 2.24) is 25.1 Å². The molecule has 31 heavy (non-hydrogen) atoms. The van der Waals surface area contributed by atoms with Gasteiger partial charge >= 0.3 is 6.03 Å². The maximum absolute atomic E-state index is 12.7. The van der Waals surface area contributed by atoms with Crippen LogP contribution in [-0.2, 0) is 13.0 Å². The van der Waals surface area contributed by atoms with E-state index in [0.29, 0.717) is 13.1 Å². The summed E-state index contributed by atoms with van der Waals surface area (Å²) in [5, 5.41) is 3.06. The molecule has 4 rings (SSSR count). The number of benzene rings is 1. The van der Waals surface area contributed by atoms with E-state index in [9.17, 15) is 4.79 Å². The molecule has 7 nitrogen and oxygen atoms in total. The minimum absolute atomic E-state index is 0.0213. The number of piperazine rings is 1. The molecule has 7 heteroatoms. The number of rotatable bonds is 6. The van der Waals surface area contributed by atoms with Crippen molar-refractivity contribution >= 4 is 11.8 Å². The number of unbranched alkanes of at least 4 members (excludes halogenated alkanes) is 1. The van der Waals surface area contributed by atoms with Crippen molar-refractivity contribution in [2.75, 3.05) is 50.7 Å². The Labute approximate surface area is 185 Å². The first-order chi connectivity index (χ1) is 15.2. The van der Waals surface area contributed by atoms with Crippen LogP contribution < -0.4 is 10.2 Å². The van der Waals surface area contributed by atoms with Crippen molar-refractivity contribution in [3.63, 3.8) is 0 Å². The van der Waals surface area contributed by atoms with E-state index in [4.69, 9.17) is 9.97 Å². The molecule has 2 amide bonds. The highest BCUT2D eigenvalue weighted by atomic mass is 16.2. The van der Waals surface area contributed by atoms with Gasteiger partial charge < -0.3 is 20.0 Å². The first-order valence-electron chi connectivity index (χ1n) is 11.6. The van der Waals surface area contributed by atoms with Gasteiger partial charge in [-0.1, -0.05) is 50.6 Å². The van der Waals surface area contributed by atoms with E-state index in [1.54, 1.807) is 0 Å². The van der Waals surface area contributed by atoms with Gasteiger partial charge in [0.2, 0.25) is 0 Å². The quantitative estimate of drug-likeness (QED) is 0.725. The highest BCUT2D eigenvalue weighted by molar-refractivity contribution is 5.75. The van der Waals surface area contributed by atoms with Crippen LogP contribution in [0, 0.1) is 0 Å². The van der Waals surface area contributed by atoms with Gasteiger partial charge in [0.1, 0.15) is 5.82 Å². The molecule has 0 atom stereocenters. The molecule has 1 saturated heterocycles. The van der Waals surface area contributed by atoms with Gasteiger partial charge in [-0.15, -0.1) is 0 Å². The van der Waals surface area contributed by atoms with Gasteiger partial charge in [-0.25, -0.2) is 14.8 Å². The normalized spacial score (nSPS) is 16.8. The number of nitrogens with zero attached hydrogens (tertiary/aromatic N) is 5. The monoisotopic (exact) mass is 422 g/mol. The molecule has 1 aromatic carbocycles. The number of carbonyl (C=O) groups is 1. The molecule has 2 aliphatic rings. The molecule has 166 valence electrons. The van der Waals surface area contributed by atoms with Crippen molar-refractivity contribution in [3.05, 3.63) is 41.6 Å². The van der Waals surface area contributed by atoms with Crippen LogP contribution in [0.1, 0.15) is 37.9 Å². The Balaban J connectivity index is 1.62. The zero-order valence-electron chi connectivity index (χ0n) is 18.8. The molecule has 0 unspecified atom stereocenters. The molecule has 0 spiro atoms. The summed E-state index contributed by atoms with van der Waals surface area (Å²) in [6.07, 6.45) is 2.85. The van der Waals surface area contributed by atoms with Gasteiger partial charge in [-0.05, 0) is 13.0 Å². The van der Waals surface area contributed by atoms with Gasteiger partial charge in [0.15, 0.2) is 5.82 Å². The molecule has 1 aromatic heterocycles. The fraction of sp³-hybridized carbons (Fsp3) is 0.542. The predicted molar refractivity (Wildman–Crippen MR) is 124 cm³/mol. The SMILES string of the molecule is CCCCNC(=O)N1CCc2nc(-c3ccccc3)nc(N3CCN(CC)CC3)c2C1. The second-order valence-electron chi connectivity index (χ2n) is 8.34. The van der Waals surface area contributed by atoms with Gasteiger partial charge in [-0.3, -0.25) is 0 Å². The second-order valence-corrected chi connectivity index (χ2v) is 8.34. The lowest BCUT2D eigenvalue weighted by Crippen LogP contribution is -2.48. The number of anilines is 1. The van der Waals surface area contributed by atoms with E-state index in [1.165, 1.54) is 0 Å². The summed E-state index contributed by atoms with van der Waals surface area (Å²) in [6.45, 7) is 11.4. The fourth-order valence-corrected chi connectivity index (χ4v) is 4.31. The molecule has 0 aliphatic carbocycles. The molecular weight excluding hydrogens is 388 g/mol. The molecule has 1 N–H and O–H groups in total. The number of urea groups is 1. The highest BCUT2D eigenvalue weighted by Crippen LogP contribution is 2.30. The summed E-state index contributed by atoms with van der Waals surface area (Å²) < 4.78 is 0. The lowest BCUT2D eigenvalue weighted by molar-refractivity contribution is 0.191. The lowest BCUT2D eigenvalue weighted by atomic mass is 10.0. The smallest absolute Gasteiger partial charge is 0.317 e. The Kier molecular flexibility index (Phi) is 7.02. The molecule has 0 saturated carbocycles. The van der Waals surface area contributed by atoms with E-state index in [-0.39, 0.29) is 6.03 Å². The summed E-state index contributed by atoms with van der Waals surface area (Å²) >= 11 is 0. The number of amides is 2. The number of nitrogens with one attached hydrogen (secondary N) is 1. The van der Waals surface area contributed by atoms with Crippen molar-refractivity contribution in [1.29, 1.82) is 0 Å². The van der Waals surface area contributed by atoms with Crippen LogP contribution in [0.5, 0.6) is 0 Å². The number of aromatic nitrogens is 2. The zero-order valence-corrected chi connectivity index (χ0v) is 18.8. The van der Waals surface area contributed by atoms with Crippen LogP contribution in [0.2, 0.25) is 0 Å². The summed E-state index contributed by atoms with van der Waals surface area (Å²) in [7, 11) is 0. The largest absolute Gasteiger partial charge is 0.354 e. The standard InChI is InChI=1S/C24H34N6O/c1-3-5-12-25-24(31)30-13-11-21-20(18-30)23(29-16-14-28(4-2)15-17-29)27-22(26-21)19-9-7-6-8-10-19/h6-10H,3-5,11-18H2,1-2H3,(H,25,31). The zero-order chi connectivity index (χ0) is 21.6. The topological polar surface area (TPSA) is 64.6 Å². The Bertz CT molecular complexity index is 879. The van der Waals surface area contributed by atoms with E-state index < -0.39 is 0 Å². The third kappa shape index (κ3) is 4.98. The van der Waals surface area contributed by atoms with Crippen LogP contribution in [0.15, 0.2) is 30.3 Å². The second kappa shape index (κ2) is 10.1. The molecule has 0 bridgehead atoms. The molecular formula is C24H34N6O. The van der Waals surface area contributed by atoms with E-state index in [2.05, 4.69) is 41.1 Å². The first-order valence-corrected chi connectivity index (χ1v) is 11.6. The third-order valence-electron chi connectivity index (χ3n) is 6.28. The average Bonchev–Trinajstić information content (AvgIpc) is 2.83. The first kappa shape index (κ1) is 21.6. The number of fused-ring (bicyclic) bond motifs is 1. The van der Waals surface area contributed by atoms with E-state index in [0.717, 1.165) is 87.0 Å². The number of likely N-dealkylation sites (N-methyl/N-ethyl adjacent to an activating group) is 1. The van der Waals surface area contributed by atoms with Crippen molar-refractivity contribution in [3.8, 4) is 11.4 Å². The lowest BCUT2D eigenvalue weighted by Gasteiger charge is -2.38. The summed E-state index contributed by atoms with van der Waals surface area (Å²) in [5.41, 5.74) is 3.24. The summed E-state index contributed by atoms with van der Waals surface area (Å²) in [5.74, 6) is 1.79. The summed E-state index contributed by atoms with van der Waals surface area (Å²) in [6, 6.07) is 10.2. The maximum atomic E-state index is 12.7. The van der Waals surface area contributed by atoms with Crippen LogP contribution in [0.25, 0.3) is 11.4 Å². The van der Waals surface area contributed by atoms with Crippen molar-refractivity contribution < 1.29 is 4.79 Å². The Morgan fingerprint density at radius 1 is 1.03 bits per heavy atom.